The Morgan fingerprint density at radius 3 is 2.68 bits per heavy atom. The van der Waals surface area contributed by atoms with E-state index in [2.05, 4.69) is 36.0 Å². The van der Waals surface area contributed by atoms with Crippen LogP contribution in [0.4, 0.5) is 10.5 Å². The smallest absolute Gasteiger partial charge is 0.322 e. The van der Waals surface area contributed by atoms with Crippen molar-refractivity contribution >= 4 is 11.7 Å². The number of hydrogen-bond donors (Lipinski definition) is 1. The summed E-state index contributed by atoms with van der Waals surface area (Å²) in [5.41, 5.74) is 1.78. The molecule has 25 heavy (non-hydrogen) atoms. The summed E-state index contributed by atoms with van der Waals surface area (Å²) in [6.07, 6.45) is 2.07. The summed E-state index contributed by atoms with van der Waals surface area (Å²) < 4.78 is 12.8. The van der Waals surface area contributed by atoms with Crippen molar-refractivity contribution in [2.45, 2.75) is 26.4 Å². The number of rotatable bonds is 4. The van der Waals surface area contributed by atoms with E-state index in [4.69, 9.17) is 9.47 Å². The van der Waals surface area contributed by atoms with Gasteiger partial charge in [0.2, 0.25) is 0 Å². The van der Waals surface area contributed by atoms with E-state index in [-0.39, 0.29) is 12.1 Å². The number of hydrogen-bond acceptors (Lipinski definition) is 3. The summed E-state index contributed by atoms with van der Waals surface area (Å²) in [5.74, 6) is 1.59. The Kier molecular flexibility index (Phi) is 4.88. The molecular formula is C19H25N3O3. The molecule has 0 bridgehead atoms. The standard InChI is InChI=1S/C19H25N3O3/c1-13(2)18-16-6-5-9-21(16)10-11-22(18)19(23)20-15-12-14(24-3)7-8-17(15)25-4/h5-9,12-13,18H,10-11H2,1-4H3,(H,20,23). The number of urea groups is 1. The van der Waals surface area contributed by atoms with Crippen molar-refractivity contribution in [3.8, 4) is 11.5 Å². The number of nitrogens with zero attached hydrogens (tertiary/aromatic N) is 2. The van der Waals surface area contributed by atoms with E-state index in [0.29, 0.717) is 29.6 Å². The number of carbonyl (C=O) groups is 1. The van der Waals surface area contributed by atoms with Crippen LogP contribution in [0.25, 0.3) is 0 Å². The number of anilines is 1. The average molecular weight is 343 g/mol. The molecule has 0 radical (unpaired) electrons. The third-order valence-electron chi connectivity index (χ3n) is 4.63. The number of carbonyl (C=O) groups excluding carboxylic acids is 1. The van der Waals surface area contributed by atoms with Crippen molar-refractivity contribution in [1.29, 1.82) is 0 Å². The van der Waals surface area contributed by atoms with Crippen molar-refractivity contribution in [2.75, 3.05) is 26.1 Å². The molecule has 0 saturated heterocycles. The maximum atomic E-state index is 13.0. The van der Waals surface area contributed by atoms with Crippen LogP contribution in [0.5, 0.6) is 11.5 Å². The topological polar surface area (TPSA) is 55.7 Å². The number of amides is 2. The van der Waals surface area contributed by atoms with Crippen LogP contribution in [-0.4, -0.2) is 36.3 Å². The summed E-state index contributed by atoms with van der Waals surface area (Å²) >= 11 is 0. The van der Waals surface area contributed by atoms with Gasteiger partial charge in [-0.3, -0.25) is 0 Å². The zero-order valence-corrected chi connectivity index (χ0v) is 15.2. The molecule has 1 aromatic heterocycles. The molecule has 0 aliphatic carbocycles. The molecule has 1 aliphatic rings. The molecule has 1 N–H and O–H groups in total. The minimum Gasteiger partial charge on any atom is -0.497 e. The molecule has 1 aliphatic heterocycles. The molecule has 6 nitrogen and oxygen atoms in total. The Bertz CT molecular complexity index is 754. The Hall–Kier alpha value is -2.63. The fourth-order valence-electron chi connectivity index (χ4n) is 3.44. The fraction of sp³-hybridized carbons (Fsp3) is 0.421. The predicted molar refractivity (Wildman–Crippen MR) is 97.3 cm³/mol. The van der Waals surface area contributed by atoms with Gasteiger partial charge in [-0.15, -0.1) is 0 Å². The van der Waals surface area contributed by atoms with Crippen LogP contribution in [0, 0.1) is 5.92 Å². The first-order valence-corrected chi connectivity index (χ1v) is 8.50. The third kappa shape index (κ3) is 3.29. The van der Waals surface area contributed by atoms with Crippen LogP contribution in [0.15, 0.2) is 36.5 Å². The number of ether oxygens (including phenoxy) is 2. The van der Waals surface area contributed by atoms with Gasteiger partial charge >= 0.3 is 6.03 Å². The van der Waals surface area contributed by atoms with E-state index in [9.17, 15) is 4.79 Å². The molecule has 2 heterocycles. The largest absolute Gasteiger partial charge is 0.497 e. The van der Waals surface area contributed by atoms with Gasteiger partial charge in [0.25, 0.3) is 0 Å². The summed E-state index contributed by atoms with van der Waals surface area (Å²) in [6.45, 7) is 5.75. The lowest BCUT2D eigenvalue weighted by molar-refractivity contribution is 0.144. The molecule has 6 heteroatoms. The Morgan fingerprint density at radius 1 is 1.20 bits per heavy atom. The van der Waals surface area contributed by atoms with E-state index in [1.165, 1.54) is 5.69 Å². The second-order valence-electron chi connectivity index (χ2n) is 6.51. The monoisotopic (exact) mass is 343 g/mol. The SMILES string of the molecule is COc1ccc(OC)c(NC(=O)N2CCn3cccc3C2C(C)C)c1. The molecule has 0 fully saturated rings. The van der Waals surface area contributed by atoms with Crippen molar-refractivity contribution in [2.24, 2.45) is 5.92 Å². The van der Waals surface area contributed by atoms with Crippen LogP contribution in [0.3, 0.4) is 0 Å². The van der Waals surface area contributed by atoms with Crippen molar-refractivity contribution in [3.63, 3.8) is 0 Å². The van der Waals surface area contributed by atoms with Gasteiger partial charge in [-0.05, 0) is 30.2 Å². The molecular weight excluding hydrogens is 318 g/mol. The van der Waals surface area contributed by atoms with Crippen molar-refractivity contribution < 1.29 is 14.3 Å². The minimum atomic E-state index is -0.127. The Balaban J connectivity index is 1.86. The number of fused-ring (bicyclic) bond motifs is 1. The zero-order chi connectivity index (χ0) is 18.0. The van der Waals surface area contributed by atoms with Crippen LogP contribution in [0.1, 0.15) is 25.6 Å². The maximum absolute atomic E-state index is 13.0. The number of methoxy groups -OCH3 is 2. The zero-order valence-electron chi connectivity index (χ0n) is 15.2. The lowest BCUT2D eigenvalue weighted by Gasteiger charge is -2.39. The van der Waals surface area contributed by atoms with Gasteiger partial charge in [-0.2, -0.15) is 0 Å². The molecule has 1 aromatic carbocycles. The molecule has 2 aromatic rings. The molecule has 1 unspecified atom stereocenters. The van der Waals surface area contributed by atoms with Gasteiger partial charge in [0.05, 0.1) is 25.9 Å². The fourth-order valence-corrected chi connectivity index (χ4v) is 3.44. The van der Waals surface area contributed by atoms with Gasteiger partial charge < -0.3 is 24.3 Å². The Morgan fingerprint density at radius 2 is 2.00 bits per heavy atom. The van der Waals surface area contributed by atoms with Gasteiger partial charge in [0, 0.05) is 31.0 Å². The first-order valence-electron chi connectivity index (χ1n) is 8.50. The van der Waals surface area contributed by atoms with E-state index in [0.717, 1.165) is 6.54 Å². The molecule has 0 spiro atoms. The predicted octanol–water partition coefficient (Wildman–Crippen LogP) is 3.75. The van der Waals surface area contributed by atoms with Gasteiger partial charge in [0.1, 0.15) is 11.5 Å². The second-order valence-corrected chi connectivity index (χ2v) is 6.51. The molecule has 0 saturated carbocycles. The summed E-state index contributed by atoms with van der Waals surface area (Å²) in [4.78, 5) is 14.9. The van der Waals surface area contributed by atoms with E-state index in [1.807, 2.05) is 11.0 Å². The van der Waals surface area contributed by atoms with Crippen LogP contribution >= 0.6 is 0 Å². The summed E-state index contributed by atoms with van der Waals surface area (Å²) in [5, 5.41) is 2.99. The molecule has 2 amide bonds. The highest BCUT2D eigenvalue weighted by molar-refractivity contribution is 5.91. The maximum Gasteiger partial charge on any atom is 0.322 e. The Labute approximate surface area is 148 Å². The van der Waals surface area contributed by atoms with Crippen LogP contribution < -0.4 is 14.8 Å². The quantitative estimate of drug-likeness (QED) is 0.920. The number of aromatic nitrogens is 1. The van der Waals surface area contributed by atoms with Gasteiger partial charge in [-0.1, -0.05) is 13.8 Å². The van der Waals surface area contributed by atoms with Crippen LogP contribution in [0.2, 0.25) is 0 Å². The van der Waals surface area contributed by atoms with Crippen molar-refractivity contribution in [1.82, 2.24) is 9.47 Å². The van der Waals surface area contributed by atoms with E-state index in [1.54, 1.807) is 32.4 Å². The highest BCUT2D eigenvalue weighted by Gasteiger charge is 2.33. The lowest BCUT2D eigenvalue weighted by Crippen LogP contribution is -2.45. The summed E-state index contributed by atoms with van der Waals surface area (Å²) in [7, 11) is 3.18. The van der Waals surface area contributed by atoms with Crippen LogP contribution in [-0.2, 0) is 6.54 Å². The first kappa shape index (κ1) is 17.2. The average Bonchev–Trinajstić information content (AvgIpc) is 3.08. The van der Waals surface area contributed by atoms with E-state index >= 15 is 0 Å². The molecule has 134 valence electrons. The number of benzene rings is 1. The van der Waals surface area contributed by atoms with Gasteiger partial charge in [0.15, 0.2) is 0 Å². The minimum absolute atomic E-state index is 0.0420. The number of nitrogens with one attached hydrogen (secondary N) is 1. The lowest BCUT2D eigenvalue weighted by atomic mass is 9.97. The van der Waals surface area contributed by atoms with Gasteiger partial charge in [-0.25, -0.2) is 4.79 Å². The molecule has 3 rings (SSSR count). The first-order chi connectivity index (χ1) is 12.0. The highest BCUT2D eigenvalue weighted by atomic mass is 16.5. The van der Waals surface area contributed by atoms with Crippen molar-refractivity contribution in [3.05, 3.63) is 42.2 Å². The van der Waals surface area contributed by atoms with E-state index < -0.39 is 0 Å². The molecule has 1 atom stereocenters. The highest BCUT2D eigenvalue weighted by Crippen LogP contribution is 2.34. The summed E-state index contributed by atoms with van der Waals surface area (Å²) in [6, 6.07) is 9.41. The second kappa shape index (κ2) is 7.09. The normalized spacial score (nSPS) is 16.5. The third-order valence-corrected chi connectivity index (χ3v) is 4.63.